The number of hydrogen-bond acceptors (Lipinski definition) is 4. The van der Waals surface area contributed by atoms with Crippen molar-refractivity contribution in [1.29, 1.82) is 0 Å². The van der Waals surface area contributed by atoms with Gasteiger partial charge in [0.15, 0.2) is 9.84 Å². The number of anilines is 1. The fourth-order valence-electron chi connectivity index (χ4n) is 2.08. The first kappa shape index (κ1) is 15.7. The molecule has 1 heterocycles. The van der Waals surface area contributed by atoms with Crippen molar-refractivity contribution in [3.05, 3.63) is 28.2 Å². The van der Waals surface area contributed by atoms with Crippen LogP contribution in [0.2, 0.25) is 0 Å². The van der Waals surface area contributed by atoms with Crippen LogP contribution in [0.4, 0.5) is 5.69 Å². The van der Waals surface area contributed by atoms with Crippen molar-refractivity contribution in [3.8, 4) is 0 Å². The molecule has 0 aromatic heterocycles. The summed E-state index contributed by atoms with van der Waals surface area (Å²) in [5.74, 6) is 1.59. The highest BCUT2D eigenvalue weighted by molar-refractivity contribution is 9.10. The van der Waals surface area contributed by atoms with Gasteiger partial charge in [-0.2, -0.15) is 11.8 Å². The molecular weight excluding hydrogens is 414 g/mol. The maximum atomic E-state index is 11.9. The van der Waals surface area contributed by atoms with E-state index >= 15 is 0 Å². The molecule has 0 spiro atoms. The topological polar surface area (TPSA) is 37.4 Å². The first-order chi connectivity index (χ1) is 8.93. The number of nitrogens with zero attached hydrogens (tertiary/aromatic N) is 1. The van der Waals surface area contributed by atoms with Crippen LogP contribution in [0.1, 0.15) is 5.56 Å². The molecule has 106 valence electrons. The van der Waals surface area contributed by atoms with E-state index in [0.717, 1.165) is 33.4 Å². The first-order valence-corrected chi connectivity index (χ1v) is 10.8. The molecule has 0 radical (unpaired) electrons. The second-order valence-corrected chi connectivity index (χ2v) is 9.24. The highest BCUT2D eigenvalue weighted by Crippen LogP contribution is 2.33. The normalized spacial score (nSPS) is 20.6. The van der Waals surface area contributed by atoms with E-state index in [1.165, 1.54) is 6.26 Å². The Kier molecular flexibility index (Phi) is 5.25. The van der Waals surface area contributed by atoms with Gasteiger partial charge < -0.3 is 4.90 Å². The Hall–Kier alpha value is 0.280. The van der Waals surface area contributed by atoms with Crippen LogP contribution < -0.4 is 4.90 Å². The Morgan fingerprint density at radius 1 is 1.47 bits per heavy atom. The van der Waals surface area contributed by atoms with Gasteiger partial charge in [0.1, 0.15) is 5.37 Å². The van der Waals surface area contributed by atoms with Gasteiger partial charge in [-0.25, -0.2) is 8.42 Å². The van der Waals surface area contributed by atoms with Crippen molar-refractivity contribution in [1.82, 2.24) is 0 Å². The van der Waals surface area contributed by atoms with Gasteiger partial charge >= 0.3 is 0 Å². The molecule has 1 aromatic rings. The van der Waals surface area contributed by atoms with Gasteiger partial charge in [-0.1, -0.05) is 22.0 Å². The summed E-state index contributed by atoms with van der Waals surface area (Å²) in [5, 5.41) is 0.356. The predicted octanol–water partition coefficient (Wildman–Crippen LogP) is 3.27. The molecule has 1 unspecified atom stereocenters. The predicted molar refractivity (Wildman–Crippen MR) is 90.1 cm³/mol. The molecule has 1 atom stereocenters. The van der Waals surface area contributed by atoms with Crippen molar-refractivity contribution in [3.63, 3.8) is 0 Å². The summed E-state index contributed by atoms with van der Waals surface area (Å²) in [6.45, 7) is 0.759. The molecular formula is C12H15Br2NO2S2. The van der Waals surface area contributed by atoms with Crippen molar-refractivity contribution < 1.29 is 8.42 Å². The van der Waals surface area contributed by atoms with Crippen molar-refractivity contribution in [2.45, 2.75) is 10.7 Å². The van der Waals surface area contributed by atoms with Gasteiger partial charge in [0.25, 0.3) is 0 Å². The van der Waals surface area contributed by atoms with Crippen LogP contribution in [-0.4, -0.2) is 38.1 Å². The molecule has 0 saturated carbocycles. The van der Waals surface area contributed by atoms with Crippen LogP contribution in [-0.2, 0) is 15.2 Å². The summed E-state index contributed by atoms with van der Waals surface area (Å²) in [4.78, 5) is 1.99. The molecule has 2 rings (SSSR count). The number of hydrogen-bond donors (Lipinski definition) is 0. The zero-order chi connectivity index (χ0) is 14.0. The number of rotatable bonds is 3. The molecule has 0 aliphatic carbocycles. The summed E-state index contributed by atoms with van der Waals surface area (Å²) >= 11 is 8.67. The van der Waals surface area contributed by atoms with Gasteiger partial charge in [0, 0.05) is 34.1 Å². The van der Waals surface area contributed by atoms with E-state index in [1.807, 2.05) is 23.1 Å². The van der Waals surface area contributed by atoms with E-state index in [1.54, 1.807) is 11.8 Å². The van der Waals surface area contributed by atoms with E-state index in [2.05, 4.69) is 31.9 Å². The maximum Gasteiger partial charge on any atom is 0.169 e. The van der Waals surface area contributed by atoms with Crippen LogP contribution in [0, 0.1) is 0 Å². The zero-order valence-corrected chi connectivity index (χ0v) is 15.3. The zero-order valence-electron chi connectivity index (χ0n) is 10.5. The SMILES string of the molecule is CS(=O)(=O)C1CSCCN1c1ccc(CBr)cc1Br. The molecule has 1 aliphatic heterocycles. The third-order valence-electron chi connectivity index (χ3n) is 3.05. The average molecular weight is 429 g/mol. The van der Waals surface area contributed by atoms with Crippen LogP contribution in [0.3, 0.4) is 0 Å². The standard InChI is InChI=1S/C12H15Br2NO2S2/c1-19(16,17)12-8-18-5-4-15(12)11-3-2-9(7-13)6-10(11)14/h2-3,6,12H,4-5,7-8H2,1H3. The van der Waals surface area contributed by atoms with Crippen molar-refractivity contribution >= 4 is 59.1 Å². The smallest absolute Gasteiger partial charge is 0.169 e. The summed E-state index contributed by atoms with van der Waals surface area (Å²) < 4.78 is 24.8. The maximum absolute atomic E-state index is 11.9. The minimum absolute atomic E-state index is 0.433. The van der Waals surface area contributed by atoms with Crippen LogP contribution in [0.15, 0.2) is 22.7 Å². The number of sulfone groups is 1. The van der Waals surface area contributed by atoms with Crippen molar-refractivity contribution in [2.75, 3.05) is 29.2 Å². The second kappa shape index (κ2) is 6.37. The summed E-state index contributed by atoms with van der Waals surface area (Å²) in [5.41, 5.74) is 2.12. The van der Waals surface area contributed by atoms with E-state index < -0.39 is 15.2 Å². The highest BCUT2D eigenvalue weighted by atomic mass is 79.9. The van der Waals surface area contributed by atoms with E-state index in [9.17, 15) is 8.42 Å². The molecule has 7 heteroatoms. The Morgan fingerprint density at radius 2 is 2.21 bits per heavy atom. The molecule has 0 N–H and O–H groups in total. The first-order valence-electron chi connectivity index (χ1n) is 5.81. The van der Waals surface area contributed by atoms with Gasteiger partial charge in [-0.15, -0.1) is 0 Å². The Balaban J connectivity index is 2.38. The molecule has 1 aromatic carbocycles. The summed E-state index contributed by atoms with van der Waals surface area (Å²) in [7, 11) is -3.08. The summed E-state index contributed by atoms with van der Waals surface area (Å²) in [6.07, 6.45) is 1.32. The van der Waals surface area contributed by atoms with Gasteiger partial charge in [0.05, 0.1) is 5.69 Å². The van der Waals surface area contributed by atoms with E-state index in [0.29, 0.717) is 5.75 Å². The fraction of sp³-hybridized carbons (Fsp3) is 0.500. The lowest BCUT2D eigenvalue weighted by molar-refractivity contribution is 0.584. The fourth-order valence-corrected chi connectivity index (χ4v) is 5.91. The second-order valence-electron chi connectivity index (χ2n) is 4.47. The number of halogens is 2. The van der Waals surface area contributed by atoms with Crippen molar-refractivity contribution in [2.24, 2.45) is 0 Å². The van der Waals surface area contributed by atoms with E-state index in [-0.39, 0.29) is 0 Å². The van der Waals surface area contributed by atoms with Gasteiger partial charge in [-0.3, -0.25) is 0 Å². The Labute approximate surface area is 135 Å². The van der Waals surface area contributed by atoms with E-state index in [4.69, 9.17) is 0 Å². The quantitative estimate of drug-likeness (QED) is 0.692. The summed E-state index contributed by atoms with van der Waals surface area (Å²) in [6, 6.07) is 6.05. The van der Waals surface area contributed by atoms with Gasteiger partial charge in [-0.05, 0) is 33.6 Å². The van der Waals surface area contributed by atoms with Crippen LogP contribution in [0.5, 0.6) is 0 Å². The van der Waals surface area contributed by atoms with Crippen LogP contribution >= 0.6 is 43.6 Å². The lowest BCUT2D eigenvalue weighted by atomic mass is 10.2. The molecule has 19 heavy (non-hydrogen) atoms. The highest BCUT2D eigenvalue weighted by Gasteiger charge is 2.31. The molecule has 0 bridgehead atoms. The third kappa shape index (κ3) is 3.68. The van der Waals surface area contributed by atoms with Gasteiger partial charge in [0.2, 0.25) is 0 Å². The molecule has 0 amide bonds. The van der Waals surface area contributed by atoms with Crippen LogP contribution in [0.25, 0.3) is 0 Å². The average Bonchev–Trinajstić information content (AvgIpc) is 2.37. The molecule has 1 aliphatic rings. The lowest BCUT2D eigenvalue weighted by Crippen LogP contribution is -2.47. The number of thioether (sulfide) groups is 1. The number of benzene rings is 1. The Bertz CT molecular complexity index is 563. The molecule has 3 nitrogen and oxygen atoms in total. The minimum atomic E-state index is -3.08. The minimum Gasteiger partial charge on any atom is -0.353 e. The molecule has 1 fully saturated rings. The Morgan fingerprint density at radius 3 is 2.79 bits per heavy atom. The third-order valence-corrected chi connectivity index (χ3v) is 6.98. The number of alkyl halides is 1. The molecule has 1 saturated heterocycles. The monoisotopic (exact) mass is 427 g/mol. The largest absolute Gasteiger partial charge is 0.353 e. The lowest BCUT2D eigenvalue weighted by Gasteiger charge is -2.36.